The molecule has 1 N–H and O–H groups in total. The third-order valence-corrected chi connectivity index (χ3v) is 6.19. The van der Waals surface area contributed by atoms with E-state index in [0.29, 0.717) is 17.2 Å². The van der Waals surface area contributed by atoms with Crippen LogP contribution in [0.3, 0.4) is 0 Å². The lowest BCUT2D eigenvalue weighted by Crippen LogP contribution is -2.55. The van der Waals surface area contributed by atoms with E-state index in [4.69, 9.17) is 16.3 Å². The number of halogens is 1. The van der Waals surface area contributed by atoms with Gasteiger partial charge < -0.3 is 15.0 Å². The molecule has 0 aromatic heterocycles. The van der Waals surface area contributed by atoms with Gasteiger partial charge in [-0.2, -0.15) is 0 Å². The molecule has 190 valence electrons. The summed E-state index contributed by atoms with van der Waals surface area (Å²) in [6.07, 6.45) is 0.381. The van der Waals surface area contributed by atoms with E-state index in [2.05, 4.69) is 5.32 Å². The summed E-state index contributed by atoms with van der Waals surface area (Å²) in [6, 6.07) is 22.1. The first kappa shape index (κ1) is 27.3. The van der Waals surface area contributed by atoms with Gasteiger partial charge in [-0.1, -0.05) is 66.2 Å². The number of hydrogen-bond acceptors (Lipinski definition) is 3. The van der Waals surface area contributed by atoms with Gasteiger partial charge in [0.05, 0.1) is 0 Å². The maximum atomic E-state index is 13.7. The molecule has 0 heterocycles. The van der Waals surface area contributed by atoms with E-state index in [1.165, 1.54) is 0 Å². The Kier molecular flexibility index (Phi) is 9.16. The number of carbonyl (C=O) groups is 2. The molecule has 0 aliphatic rings. The van der Waals surface area contributed by atoms with Gasteiger partial charge in [0.2, 0.25) is 5.91 Å². The third kappa shape index (κ3) is 7.85. The maximum absolute atomic E-state index is 13.7. The largest absolute Gasteiger partial charge is 0.483 e. The molecule has 3 aromatic rings. The predicted molar refractivity (Wildman–Crippen MR) is 145 cm³/mol. The summed E-state index contributed by atoms with van der Waals surface area (Å²) in [5.41, 5.74) is 3.47. The molecule has 0 bridgehead atoms. The van der Waals surface area contributed by atoms with E-state index in [0.717, 1.165) is 22.3 Å². The first-order valence-electron chi connectivity index (χ1n) is 12.1. The summed E-state index contributed by atoms with van der Waals surface area (Å²) >= 11 is 6.08. The second-order valence-corrected chi connectivity index (χ2v) is 10.5. The summed E-state index contributed by atoms with van der Waals surface area (Å²) in [6.45, 7) is 9.84. The van der Waals surface area contributed by atoms with Crippen LogP contribution in [0.25, 0.3) is 0 Å². The minimum absolute atomic E-state index is 0.175. The average molecular weight is 507 g/mol. The Morgan fingerprint density at radius 2 is 1.58 bits per heavy atom. The lowest BCUT2D eigenvalue weighted by molar-refractivity contribution is -0.143. The van der Waals surface area contributed by atoms with E-state index < -0.39 is 11.6 Å². The van der Waals surface area contributed by atoms with Gasteiger partial charge in [-0.3, -0.25) is 9.59 Å². The molecule has 0 saturated carbocycles. The van der Waals surface area contributed by atoms with E-state index >= 15 is 0 Å². The van der Waals surface area contributed by atoms with Gasteiger partial charge in [0.15, 0.2) is 6.61 Å². The fourth-order valence-corrected chi connectivity index (χ4v) is 4.02. The molecule has 0 unspecified atom stereocenters. The number of hydrogen-bond donors (Lipinski definition) is 1. The van der Waals surface area contributed by atoms with Crippen LogP contribution in [0, 0.1) is 13.8 Å². The van der Waals surface area contributed by atoms with Crippen LogP contribution < -0.4 is 10.1 Å². The summed E-state index contributed by atoms with van der Waals surface area (Å²) in [5.74, 6) is 0.185. The highest BCUT2D eigenvalue weighted by Crippen LogP contribution is 2.22. The molecule has 0 fully saturated rings. The van der Waals surface area contributed by atoms with Crippen molar-refractivity contribution in [2.45, 2.75) is 59.2 Å². The zero-order valence-corrected chi connectivity index (χ0v) is 22.4. The summed E-state index contributed by atoms with van der Waals surface area (Å²) in [4.78, 5) is 28.9. The SMILES string of the molecule is Cc1cccc(OCC(=O)N(Cc2ccc(Cl)cc2)[C@H](Cc2ccccc2)C(=O)NC(C)(C)C)c1C. The van der Waals surface area contributed by atoms with Crippen molar-refractivity contribution in [1.82, 2.24) is 10.2 Å². The smallest absolute Gasteiger partial charge is 0.261 e. The number of aryl methyl sites for hydroxylation is 1. The fraction of sp³-hybridized carbons (Fsp3) is 0.333. The highest BCUT2D eigenvalue weighted by atomic mass is 35.5. The molecular weight excluding hydrogens is 472 g/mol. The zero-order chi connectivity index (χ0) is 26.3. The van der Waals surface area contributed by atoms with Crippen molar-refractivity contribution in [3.05, 3.63) is 100 Å². The number of rotatable bonds is 9. The summed E-state index contributed by atoms with van der Waals surface area (Å²) in [5, 5.41) is 3.68. The van der Waals surface area contributed by atoms with Crippen LogP contribution in [0.5, 0.6) is 5.75 Å². The lowest BCUT2D eigenvalue weighted by atomic mass is 10.0. The van der Waals surface area contributed by atoms with Gasteiger partial charge in [-0.15, -0.1) is 0 Å². The molecule has 0 saturated heterocycles. The van der Waals surface area contributed by atoms with Gasteiger partial charge in [0, 0.05) is 23.5 Å². The van der Waals surface area contributed by atoms with Gasteiger partial charge >= 0.3 is 0 Å². The molecule has 2 amide bonds. The number of ether oxygens (including phenoxy) is 1. The van der Waals surface area contributed by atoms with Crippen LogP contribution in [0.4, 0.5) is 0 Å². The zero-order valence-electron chi connectivity index (χ0n) is 21.7. The Morgan fingerprint density at radius 3 is 2.22 bits per heavy atom. The molecule has 0 spiro atoms. The van der Waals surface area contributed by atoms with Gasteiger partial charge in [-0.05, 0) is 75.1 Å². The van der Waals surface area contributed by atoms with Gasteiger partial charge in [-0.25, -0.2) is 0 Å². The van der Waals surface area contributed by atoms with Crippen molar-refractivity contribution in [3.63, 3.8) is 0 Å². The number of benzene rings is 3. The van der Waals surface area contributed by atoms with Crippen molar-refractivity contribution >= 4 is 23.4 Å². The molecular formula is C30H35ClN2O3. The quantitative estimate of drug-likeness (QED) is 0.393. The molecule has 0 aliphatic carbocycles. The van der Waals surface area contributed by atoms with Crippen LogP contribution >= 0.6 is 11.6 Å². The highest BCUT2D eigenvalue weighted by molar-refractivity contribution is 6.30. The van der Waals surface area contributed by atoms with E-state index in [1.807, 2.05) is 95.3 Å². The minimum Gasteiger partial charge on any atom is -0.483 e. The van der Waals surface area contributed by atoms with Crippen molar-refractivity contribution in [2.75, 3.05) is 6.61 Å². The summed E-state index contributed by atoms with van der Waals surface area (Å²) in [7, 11) is 0. The van der Waals surface area contributed by atoms with Gasteiger partial charge in [0.1, 0.15) is 11.8 Å². The van der Waals surface area contributed by atoms with Crippen LogP contribution in [0.1, 0.15) is 43.0 Å². The Morgan fingerprint density at radius 1 is 0.917 bits per heavy atom. The predicted octanol–water partition coefficient (Wildman–Crippen LogP) is 5.89. The summed E-state index contributed by atoms with van der Waals surface area (Å²) < 4.78 is 5.95. The molecule has 0 aliphatic heterocycles. The van der Waals surface area contributed by atoms with E-state index in [1.54, 1.807) is 17.0 Å². The topological polar surface area (TPSA) is 58.6 Å². The standard InChI is InChI=1S/C30H35ClN2O3/c1-21-10-9-13-27(22(21)2)36-20-28(34)33(19-24-14-16-25(31)17-15-24)26(29(35)32-30(3,4)5)18-23-11-7-6-8-12-23/h6-17,26H,18-20H2,1-5H3,(H,32,35)/t26-/m1/s1. The minimum atomic E-state index is -0.725. The molecule has 3 rings (SSSR count). The molecule has 0 radical (unpaired) electrons. The number of nitrogens with one attached hydrogen (secondary N) is 1. The molecule has 5 nitrogen and oxygen atoms in total. The van der Waals surface area contributed by atoms with Crippen LogP contribution in [-0.4, -0.2) is 34.9 Å². The van der Waals surface area contributed by atoms with Crippen molar-refractivity contribution in [2.24, 2.45) is 0 Å². The molecule has 6 heteroatoms. The van der Waals surface area contributed by atoms with Crippen LogP contribution in [-0.2, 0) is 22.6 Å². The monoisotopic (exact) mass is 506 g/mol. The Labute approximate surface area is 219 Å². The highest BCUT2D eigenvalue weighted by Gasteiger charge is 2.32. The second kappa shape index (κ2) is 12.1. The first-order chi connectivity index (χ1) is 17.0. The van der Waals surface area contributed by atoms with E-state index in [9.17, 15) is 9.59 Å². The molecule has 36 heavy (non-hydrogen) atoms. The normalized spacial score (nSPS) is 12.1. The Bertz CT molecular complexity index is 1170. The second-order valence-electron chi connectivity index (χ2n) is 10.1. The number of nitrogens with zero attached hydrogens (tertiary/aromatic N) is 1. The van der Waals surface area contributed by atoms with Crippen LogP contribution in [0.2, 0.25) is 5.02 Å². The Hall–Kier alpha value is -3.31. The molecule has 3 aromatic carbocycles. The number of amides is 2. The third-order valence-electron chi connectivity index (χ3n) is 5.94. The van der Waals surface area contributed by atoms with Crippen molar-refractivity contribution in [1.29, 1.82) is 0 Å². The molecule has 1 atom stereocenters. The van der Waals surface area contributed by atoms with E-state index in [-0.39, 0.29) is 25.0 Å². The fourth-order valence-electron chi connectivity index (χ4n) is 3.90. The van der Waals surface area contributed by atoms with Crippen molar-refractivity contribution < 1.29 is 14.3 Å². The average Bonchev–Trinajstić information content (AvgIpc) is 2.83. The number of carbonyl (C=O) groups excluding carboxylic acids is 2. The van der Waals surface area contributed by atoms with Crippen LogP contribution in [0.15, 0.2) is 72.8 Å². The van der Waals surface area contributed by atoms with Gasteiger partial charge in [0.25, 0.3) is 5.91 Å². The lowest BCUT2D eigenvalue weighted by Gasteiger charge is -2.33. The first-order valence-corrected chi connectivity index (χ1v) is 12.5. The van der Waals surface area contributed by atoms with Crippen molar-refractivity contribution in [3.8, 4) is 5.75 Å². The Balaban J connectivity index is 1.94. The maximum Gasteiger partial charge on any atom is 0.261 e.